The lowest BCUT2D eigenvalue weighted by molar-refractivity contribution is 1.29. The van der Waals surface area contributed by atoms with Crippen molar-refractivity contribution in [2.75, 3.05) is 4.90 Å². The fourth-order valence-electron chi connectivity index (χ4n) is 3.05. The Hall–Kier alpha value is 0.141. The highest BCUT2D eigenvalue weighted by atomic mass is 35.8. The Labute approximate surface area is 218 Å². The molecule has 1 nitrogen and oxygen atoms in total. The second-order valence-electron chi connectivity index (χ2n) is 7.25. The van der Waals surface area contributed by atoms with Gasteiger partial charge in [0.1, 0.15) is 0 Å². The molecule has 0 bridgehead atoms. The molecule has 11 heteroatoms. The van der Waals surface area contributed by atoms with Crippen molar-refractivity contribution < 1.29 is 0 Å². The van der Waals surface area contributed by atoms with Crippen LogP contribution < -0.4 is 20.5 Å². The topological polar surface area (TPSA) is 3.24 Å². The normalized spacial score (nSPS) is 12.7. The lowest BCUT2D eigenvalue weighted by Gasteiger charge is -2.27. The predicted octanol–water partition coefficient (Wildman–Crippen LogP) is 7.53. The number of hydrogen-bond acceptors (Lipinski definition) is 1. The van der Waals surface area contributed by atoms with E-state index in [1.54, 1.807) is 0 Å². The van der Waals surface area contributed by atoms with Crippen LogP contribution in [-0.2, 0) is 0 Å². The summed E-state index contributed by atoms with van der Waals surface area (Å²) in [4.78, 5) is 2.10. The zero-order chi connectivity index (χ0) is 23.0. The Morgan fingerprint density at radius 1 is 0.452 bits per heavy atom. The summed E-state index contributed by atoms with van der Waals surface area (Å²) in [5.74, 6) is 0. The minimum Gasteiger partial charge on any atom is -0.311 e. The molecule has 0 unspecified atom stereocenters. The molecule has 3 rings (SSSR count). The molecule has 0 aromatic heterocycles. The van der Waals surface area contributed by atoms with Crippen LogP contribution in [0, 0.1) is 0 Å². The summed E-state index contributed by atoms with van der Waals surface area (Å²) < 4.78 is 0. The first-order chi connectivity index (χ1) is 14.3. The number of rotatable bonds is 6. The Morgan fingerprint density at radius 3 is 0.935 bits per heavy atom. The molecule has 0 heterocycles. The molecule has 3 aromatic rings. The highest BCUT2D eigenvalue weighted by molar-refractivity contribution is 7.69. The van der Waals surface area contributed by atoms with Gasteiger partial charge in [0, 0.05) is 17.1 Å². The van der Waals surface area contributed by atoms with Gasteiger partial charge < -0.3 is 4.90 Å². The lowest BCUT2D eigenvalue weighted by atomic mass is 10.2. The van der Waals surface area contributed by atoms with Crippen LogP contribution in [0.25, 0.3) is 0 Å². The smallest absolute Gasteiger partial charge is 0.311 e. The molecular formula is C20H18Cl7NSi3. The first-order valence-electron chi connectivity index (χ1n) is 9.21. The molecule has 164 valence electrons. The molecule has 0 aliphatic heterocycles. The number of hydrogen-bond donors (Lipinski definition) is 0. The molecule has 0 saturated heterocycles. The van der Waals surface area contributed by atoms with Gasteiger partial charge in [-0.15, -0.1) is 77.6 Å². The van der Waals surface area contributed by atoms with Gasteiger partial charge >= 0.3 is 6.00 Å². The van der Waals surface area contributed by atoms with Crippen LogP contribution in [0.4, 0.5) is 17.1 Å². The minimum atomic E-state index is -2.96. The molecule has 0 atom stereocenters. The van der Waals surface area contributed by atoms with E-state index in [1.165, 1.54) is 0 Å². The average molecular weight is 605 g/mol. The van der Waals surface area contributed by atoms with Crippen LogP contribution in [0.3, 0.4) is 0 Å². The van der Waals surface area contributed by atoms with Crippen LogP contribution in [0.5, 0.6) is 0 Å². The molecule has 0 N–H and O–H groups in total. The third kappa shape index (κ3) is 6.60. The number of benzene rings is 3. The van der Waals surface area contributed by atoms with Crippen molar-refractivity contribution in [3.8, 4) is 0 Å². The summed E-state index contributed by atoms with van der Waals surface area (Å²) in [5, 5.41) is 2.61. The van der Waals surface area contributed by atoms with Gasteiger partial charge in [0.05, 0.1) is 0 Å². The van der Waals surface area contributed by atoms with Crippen LogP contribution in [0.15, 0.2) is 72.8 Å². The lowest BCUT2D eigenvalue weighted by Crippen LogP contribution is -2.32. The molecule has 31 heavy (non-hydrogen) atoms. The summed E-state index contributed by atoms with van der Waals surface area (Å²) in [5.41, 5.74) is 2.80. The van der Waals surface area contributed by atoms with Crippen molar-refractivity contribution in [3.05, 3.63) is 72.8 Å². The van der Waals surface area contributed by atoms with Crippen molar-refractivity contribution in [3.63, 3.8) is 0 Å². The Bertz CT molecular complexity index is 887. The molecular weight excluding hydrogens is 587 g/mol. The number of nitrogens with zero attached hydrogens (tertiary/aromatic N) is 1. The van der Waals surface area contributed by atoms with Crippen LogP contribution in [-0.4, -0.2) is 19.4 Å². The van der Waals surface area contributed by atoms with Crippen molar-refractivity contribution in [2.45, 2.75) is 13.1 Å². The highest BCUT2D eigenvalue weighted by Gasteiger charge is 2.29. The van der Waals surface area contributed by atoms with E-state index in [0.29, 0.717) is 0 Å². The third-order valence-electron chi connectivity index (χ3n) is 4.72. The van der Waals surface area contributed by atoms with Gasteiger partial charge in [0.25, 0.3) is 13.4 Å². The maximum absolute atomic E-state index is 6.38. The molecule has 0 saturated carbocycles. The maximum Gasteiger partial charge on any atom is 0.372 e. The maximum atomic E-state index is 6.38. The van der Waals surface area contributed by atoms with Gasteiger partial charge in [-0.05, 0) is 65.1 Å². The zero-order valence-electron chi connectivity index (χ0n) is 16.5. The fraction of sp³-hybridized carbons (Fsp3) is 0.100. The number of anilines is 3. The Kier molecular flexibility index (Phi) is 8.13. The van der Waals surface area contributed by atoms with Gasteiger partial charge in [-0.1, -0.05) is 36.4 Å². The second kappa shape index (κ2) is 9.79. The molecule has 0 spiro atoms. The second-order valence-corrected chi connectivity index (χ2v) is 30.6. The van der Waals surface area contributed by atoms with Crippen molar-refractivity contribution >= 4 is 130 Å². The first-order valence-corrected chi connectivity index (χ1v) is 23.3. The van der Waals surface area contributed by atoms with E-state index in [9.17, 15) is 0 Å². The van der Waals surface area contributed by atoms with E-state index < -0.39 is 19.4 Å². The van der Waals surface area contributed by atoms with E-state index in [0.717, 1.165) is 32.6 Å². The Morgan fingerprint density at radius 2 is 0.710 bits per heavy atom. The molecule has 0 fully saturated rings. The van der Waals surface area contributed by atoms with Crippen LogP contribution in [0.2, 0.25) is 13.1 Å². The van der Waals surface area contributed by atoms with E-state index in [2.05, 4.69) is 4.90 Å². The van der Waals surface area contributed by atoms with Crippen LogP contribution >= 0.6 is 77.6 Å². The van der Waals surface area contributed by atoms with Gasteiger partial charge in [-0.25, -0.2) is 0 Å². The molecule has 0 radical (unpaired) electrons. The van der Waals surface area contributed by atoms with Gasteiger partial charge in [0.15, 0.2) is 0 Å². The highest BCUT2D eigenvalue weighted by Crippen LogP contribution is 2.34. The summed E-state index contributed by atoms with van der Waals surface area (Å²) in [6.07, 6.45) is 0. The summed E-state index contributed by atoms with van der Waals surface area (Å²) in [6, 6.07) is 20.5. The van der Waals surface area contributed by atoms with Crippen molar-refractivity contribution in [1.29, 1.82) is 0 Å². The molecule has 0 aliphatic carbocycles. The Balaban J connectivity index is 2.08. The fourth-order valence-corrected chi connectivity index (χ4v) is 7.75. The summed E-state index contributed by atoms with van der Waals surface area (Å²) >= 11 is 44.0. The average Bonchev–Trinajstić information content (AvgIpc) is 2.67. The number of halogens is 7. The monoisotopic (exact) mass is 601 g/mol. The molecule has 3 aromatic carbocycles. The largest absolute Gasteiger partial charge is 0.372 e. The summed E-state index contributed by atoms with van der Waals surface area (Å²) in [6.45, 7) is -1.14. The van der Waals surface area contributed by atoms with E-state index in [1.807, 2.05) is 85.9 Å². The molecule has 0 amide bonds. The quantitative estimate of drug-likeness (QED) is 0.208. The molecule has 0 aliphatic rings. The third-order valence-corrected chi connectivity index (χ3v) is 13.0. The van der Waals surface area contributed by atoms with E-state index in [4.69, 9.17) is 77.6 Å². The first kappa shape index (κ1) is 25.8. The van der Waals surface area contributed by atoms with Crippen LogP contribution in [0.1, 0.15) is 0 Å². The van der Waals surface area contributed by atoms with Crippen molar-refractivity contribution in [1.82, 2.24) is 0 Å². The van der Waals surface area contributed by atoms with Gasteiger partial charge in [0.2, 0.25) is 0 Å². The van der Waals surface area contributed by atoms with E-state index in [-0.39, 0.29) is 0 Å². The predicted molar refractivity (Wildman–Crippen MR) is 150 cm³/mol. The van der Waals surface area contributed by atoms with E-state index >= 15 is 0 Å². The standard InChI is InChI=1S/C20H18Cl7NSi3/c1-29(21,22)18-9-3-15(4-10-18)28(16-5-11-19(12-6-16)30(2,23)24)17-7-13-20(14-8-17)31(25,26)27/h3-14H,1-2H3. The van der Waals surface area contributed by atoms with Gasteiger partial charge in [-0.2, -0.15) is 0 Å². The SMILES string of the molecule is C[Si](Cl)(Cl)c1ccc(N(c2ccc([Si](C)(Cl)Cl)cc2)c2ccc([Si](Cl)(Cl)Cl)cc2)cc1. The zero-order valence-corrected chi connectivity index (χ0v) is 24.8. The van der Waals surface area contributed by atoms with Crippen molar-refractivity contribution in [2.24, 2.45) is 0 Å². The minimum absolute atomic E-state index is 0.726. The summed E-state index contributed by atoms with van der Waals surface area (Å²) in [7, 11) is 0. The van der Waals surface area contributed by atoms with Gasteiger partial charge in [-0.3, -0.25) is 0 Å².